The van der Waals surface area contributed by atoms with Gasteiger partial charge in [-0.3, -0.25) is 18.8 Å². The smallest absolute Gasteiger partial charge is 0.330 e. The first-order chi connectivity index (χ1) is 12.0. The topological polar surface area (TPSA) is 68.5 Å². The van der Waals surface area contributed by atoms with Crippen LogP contribution in [0.4, 0.5) is 0 Å². The largest absolute Gasteiger partial charge is 0.496 e. The molecule has 1 aliphatic heterocycles. The monoisotopic (exact) mass is 344 g/mol. The molecule has 0 aliphatic carbocycles. The molecule has 1 fully saturated rings. The summed E-state index contributed by atoms with van der Waals surface area (Å²) in [5.41, 5.74) is 1.24. The Kier molecular flexibility index (Phi) is 5.06. The average molecular weight is 344 g/mol. The van der Waals surface area contributed by atoms with Crippen molar-refractivity contribution in [3.63, 3.8) is 0 Å². The lowest BCUT2D eigenvalue weighted by molar-refractivity contribution is 0.147. The molecule has 0 spiro atoms. The second-order valence-corrected chi connectivity index (χ2v) is 6.31. The Bertz CT molecular complexity index is 871. The number of rotatable bonds is 4. The van der Waals surface area contributed by atoms with Crippen molar-refractivity contribution in [3.8, 4) is 5.75 Å². The molecular weight excluding hydrogens is 320 g/mol. The van der Waals surface area contributed by atoms with Gasteiger partial charge < -0.3 is 10.1 Å². The van der Waals surface area contributed by atoms with Crippen LogP contribution in [0.1, 0.15) is 17.3 Å². The van der Waals surface area contributed by atoms with E-state index in [1.165, 1.54) is 7.05 Å². The number of aromatic nitrogens is 2. The molecule has 1 aromatic carbocycles. The van der Waals surface area contributed by atoms with E-state index in [0.717, 1.165) is 41.2 Å². The summed E-state index contributed by atoms with van der Waals surface area (Å²) in [5, 5.41) is 3.42. The lowest BCUT2D eigenvalue weighted by Crippen LogP contribution is -2.47. The van der Waals surface area contributed by atoms with Crippen LogP contribution in [0.3, 0.4) is 0 Å². The lowest BCUT2D eigenvalue weighted by atomic mass is 10.0. The van der Waals surface area contributed by atoms with Crippen LogP contribution in [-0.2, 0) is 20.6 Å². The summed E-state index contributed by atoms with van der Waals surface area (Å²) in [6.07, 6.45) is 0. The number of methoxy groups -OCH3 is 1. The van der Waals surface area contributed by atoms with E-state index in [9.17, 15) is 9.59 Å². The first-order valence-electron chi connectivity index (χ1n) is 8.36. The molecule has 2 heterocycles. The maximum atomic E-state index is 12.2. The van der Waals surface area contributed by atoms with E-state index in [4.69, 9.17) is 4.74 Å². The van der Waals surface area contributed by atoms with Crippen LogP contribution in [0.5, 0.6) is 5.75 Å². The van der Waals surface area contributed by atoms with E-state index in [-0.39, 0.29) is 17.3 Å². The highest BCUT2D eigenvalue weighted by Gasteiger charge is 2.27. The quantitative estimate of drug-likeness (QED) is 0.861. The molecule has 134 valence electrons. The van der Waals surface area contributed by atoms with E-state index in [0.29, 0.717) is 6.54 Å². The number of nitrogens with one attached hydrogen (secondary N) is 1. The summed E-state index contributed by atoms with van der Waals surface area (Å²) in [6, 6.07) is 9.63. The highest BCUT2D eigenvalue weighted by molar-refractivity contribution is 5.36. The Morgan fingerprint density at radius 1 is 1.20 bits per heavy atom. The summed E-state index contributed by atoms with van der Waals surface area (Å²) < 4.78 is 8.18. The first kappa shape index (κ1) is 17.4. The number of hydrogen-bond donors (Lipinski definition) is 1. The molecule has 2 aromatic rings. The second-order valence-electron chi connectivity index (χ2n) is 6.31. The zero-order chi connectivity index (χ0) is 18.0. The highest BCUT2D eigenvalue weighted by atomic mass is 16.5. The van der Waals surface area contributed by atoms with Crippen molar-refractivity contribution in [2.24, 2.45) is 14.1 Å². The van der Waals surface area contributed by atoms with Gasteiger partial charge in [-0.05, 0) is 6.07 Å². The lowest BCUT2D eigenvalue weighted by Gasteiger charge is -2.37. The van der Waals surface area contributed by atoms with Crippen LogP contribution >= 0.6 is 0 Å². The first-order valence-corrected chi connectivity index (χ1v) is 8.36. The summed E-state index contributed by atoms with van der Waals surface area (Å²) in [5.74, 6) is 0.846. The standard InChI is InChI=1S/C18H24N4O3/c1-20-13(10-17(23)21(2)18(20)24)12-22-9-8-19-11-15(22)14-6-4-5-7-16(14)25-3/h4-7,10,15,19H,8-9,11-12H2,1-3H3. The Hall–Kier alpha value is -2.38. The summed E-state index contributed by atoms with van der Waals surface area (Å²) in [6.45, 7) is 3.02. The molecule has 3 rings (SSSR count). The van der Waals surface area contributed by atoms with Crippen LogP contribution in [0.25, 0.3) is 0 Å². The van der Waals surface area contributed by atoms with Crippen LogP contribution in [0, 0.1) is 0 Å². The van der Waals surface area contributed by atoms with Gasteiger partial charge in [0.25, 0.3) is 5.56 Å². The molecule has 1 aromatic heterocycles. The van der Waals surface area contributed by atoms with Gasteiger partial charge >= 0.3 is 5.69 Å². The van der Waals surface area contributed by atoms with Gasteiger partial charge in [0.2, 0.25) is 0 Å². The normalized spacial score (nSPS) is 18.3. The van der Waals surface area contributed by atoms with Crippen molar-refractivity contribution in [2.45, 2.75) is 12.6 Å². The van der Waals surface area contributed by atoms with Crippen molar-refractivity contribution in [3.05, 3.63) is 62.4 Å². The minimum Gasteiger partial charge on any atom is -0.496 e. The van der Waals surface area contributed by atoms with Crippen molar-refractivity contribution in [1.29, 1.82) is 0 Å². The number of benzene rings is 1. The fourth-order valence-corrected chi connectivity index (χ4v) is 3.32. The van der Waals surface area contributed by atoms with E-state index in [2.05, 4.69) is 16.3 Å². The molecule has 25 heavy (non-hydrogen) atoms. The number of para-hydroxylation sites is 1. The SMILES string of the molecule is COc1ccccc1C1CNCCN1Cc1cc(=O)n(C)c(=O)n1C. The van der Waals surface area contributed by atoms with Gasteiger partial charge in [0.1, 0.15) is 5.75 Å². The van der Waals surface area contributed by atoms with Crippen LogP contribution in [-0.4, -0.2) is 40.8 Å². The molecule has 1 aliphatic rings. The Morgan fingerprint density at radius 2 is 1.96 bits per heavy atom. The van der Waals surface area contributed by atoms with Crippen molar-refractivity contribution in [1.82, 2.24) is 19.4 Å². The summed E-state index contributed by atoms with van der Waals surface area (Å²) in [4.78, 5) is 26.5. The average Bonchev–Trinajstić information content (AvgIpc) is 2.64. The number of nitrogens with zero attached hydrogens (tertiary/aromatic N) is 3. The van der Waals surface area contributed by atoms with Crippen LogP contribution in [0.2, 0.25) is 0 Å². The molecular formula is C18H24N4O3. The zero-order valence-corrected chi connectivity index (χ0v) is 14.9. The maximum absolute atomic E-state index is 12.2. The van der Waals surface area contributed by atoms with Gasteiger partial charge in [0, 0.05) is 57.6 Å². The highest BCUT2D eigenvalue weighted by Crippen LogP contribution is 2.30. The van der Waals surface area contributed by atoms with Gasteiger partial charge in [0.15, 0.2) is 0 Å². The van der Waals surface area contributed by atoms with Gasteiger partial charge in [0.05, 0.1) is 13.2 Å². The number of ether oxygens (including phenoxy) is 1. The van der Waals surface area contributed by atoms with Crippen molar-refractivity contribution in [2.75, 3.05) is 26.7 Å². The molecule has 7 nitrogen and oxygen atoms in total. The molecule has 0 bridgehead atoms. The minimum atomic E-state index is -0.300. The number of piperazine rings is 1. The molecule has 1 N–H and O–H groups in total. The third-order valence-corrected chi connectivity index (χ3v) is 4.84. The Balaban J connectivity index is 1.95. The van der Waals surface area contributed by atoms with Gasteiger partial charge in [-0.2, -0.15) is 0 Å². The van der Waals surface area contributed by atoms with Crippen LogP contribution in [0.15, 0.2) is 39.9 Å². The molecule has 7 heteroatoms. The van der Waals surface area contributed by atoms with E-state index in [1.54, 1.807) is 24.8 Å². The molecule has 1 saturated heterocycles. The van der Waals surface area contributed by atoms with Gasteiger partial charge in [-0.15, -0.1) is 0 Å². The fraction of sp³-hybridized carbons (Fsp3) is 0.444. The van der Waals surface area contributed by atoms with Gasteiger partial charge in [-0.1, -0.05) is 18.2 Å². The molecule has 0 radical (unpaired) electrons. The van der Waals surface area contributed by atoms with E-state index < -0.39 is 0 Å². The predicted octanol–water partition coefficient (Wildman–Crippen LogP) is 0.239. The van der Waals surface area contributed by atoms with E-state index >= 15 is 0 Å². The third-order valence-electron chi connectivity index (χ3n) is 4.84. The Morgan fingerprint density at radius 3 is 2.72 bits per heavy atom. The zero-order valence-electron chi connectivity index (χ0n) is 14.9. The minimum absolute atomic E-state index is 0.115. The van der Waals surface area contributed by atoms with Gasteiger partial charge in [-0.25, -0.2) is 4.79 Å². The molecule has 0 saturated carbocycles. The Labute approximate surface area is 146 Å². The molecule has 1 unspecified atom stereocenters. The number of hydrogen-bond acceptors (Lipinski definition) is 5. The predicted molar refractivity (Wildman–Crippen MR) is 95.9 cm³/mol. The fourth-order valence-electron chi connectivity index (χ4n) is 3.32. The summed E-state index contributed by atoms with van der Waals surface area (Å²) in [7, 11) is 4.87. The summed E-state index contributed by atoms with van der Waals surface area (Å²) >= 11 is 0. The third kappa shape index (κ3) is 3.38. The van der Waals surface area contributed by atoms with E-state index in [1.807, 2.05) is 18.2 Å². The van der Waals surface area contributed by atoms with Crippen molar-refractivity contribution >= 4 is 0 Å². The molecule has 0 amide bonds. The maximum Gasteiger partial charge on any atom is 0.330 e. The van der Waals surface area contributed by atoms with Crippen molar-refractivity contribution < 1.29 is 4.74 Å². The molecule has 1 atom stereocenters. The van der Waals surface area contributed by atoms with Crippen LogP contribution < -0.4 is 21.3 Å². The second kappa shape index (κ2) is 7.25.